The van der Waals surface area contributed by atoms with Crippen molar-refractivity contribution in [3.05, 3.63) is 96.1 Å². The molecule has 9 heteroatoms. The Labute approximate surface area is 205 Å². The molecule has 0 saturated heterocycles. The Morgan fingerprint density at radius 2 is 1.80 bits per heavy atom. The Bertz CT molecular complexity index is 1230. The lowest BCUT2D eigenvalue weighted by Crippen LogP contribution is -2.23. The second-order valence-corrected chi connectivity index (χ2v) is 9.67. The number of carbonyl (C=O) groups is 2. The lowest BCUT2D eigenvalue weighted by molar-refractivity contribution is -0.137. The first kappa shape index (κ1) is 24.2. The molecule has 1 aliphatic heterocycles. The summed E-state index contributed by atoms with van der Waals surface area (Å²) in [6, 6.07) is 17.2. The second kappa shape index (κ2) is 11.4. The van der Waals surface area contributed by atoms with Gasteiger partial charge in [-0.3, -0.25) is 18.8 Å². The van der Waals surface area contributed by atoms with Crippen LogP contribution in [0.2, 0.25) is 0 Å². The van der Waals surface area contributed by atoms with Crippen molar-refractivity contribution >= 4 is 34.1 Å². The number of nitrogens with one attached hydrogen (secondary N) is 3. The minimum atomic E-state index is -1.61. The van der Waals surface area contributed by atoms with E-state index in [4.69, 9.17) is 0 Å². The highest BCUT2D eigenvalue weighted by Crippen LogP contribution is 2.29. The molecule has 2 atom stereocenters. The summed E-state index contributed by atoms with van der Waals surface area (Å²) in [5.41, 5.74) is 2.54. The minimum Gasteiger partial charge on any atom is -0.481 e. The normalized spacial score (nSPS) is 14.7. The van der Waals surface area contributed by atoms with E-state index in [0.29, 0.717) is 21.7 Å². The Morgan fingerprint density at radius 1 is 1.06 bits per heavy atom. The molecule has 0 saturated carbocycles. The largest absolute Gasteiger partial charge is 0.481 e. The van der Waals surface area contributed by atoms with Gasteiger partial charge in [-0.1, -0.05) is 6.07 Å². The number of amides is 1. The monoisotopic (exact) mass is 490 g/mol. The first-order chi connectivity index (χ1) is 17.0. The number of benzene rings is 2. The van der Waals surface area contributed by atoms with E-state index in [1.807, 2.05) is 12.1 Å². The van der Waals surface area contributed by atoms with Crippen molar-refractivity contribution in [3.63, 3.8) is 0 Å². The van der Waals surface area contributed by atoms with Crippen molar-refractivity contribution in [2.24, 2.45) is 0 Å². The average Bonchev–Trinajstić information content (AvgIpc) is 2.89. The number of hydrogen-bond acceptors (Lipinski definition) is 6. The Morgan fingerprint density at radius 3 is 2.43 bits per heavy atom. The number of pyridine rings is 1. The zero-order valence-corrected chi connectivity index (χ0v) is 19.8. The summed E-state index contributed by atoms with van der Waals surface area (Å²) in [5.74, 6) is -0.330. The highest BCUT2D eigenvalue weighted by atomic mass is 32.2. The van der Waals surface area contributed by atoms with E-state index in [1.54, 1.807) is 54.7 Å². The van der Waals surface area contributed by atoms with Crippen LogP contribution in [0.1, 0.15) is 40.4 Å². The lowest BCUT2D eigenvalue weighted by atomic mass is 10.1. The molecule has 4 N–H and O–H groups in total. The van der Waals surface area contributed by atoms with Gasteiger partial charge in [-0.2, -0.15) is 0 Å². The number of carboxylic acid groups (broad SMARTS) is 1. The van der Waals surface area contributed by atoms with Gasteiger partial charge >= 0.3 is 5.97 Å². The molecule has 2 heterocycles. The highest BCUT2D eigenvalue weighted by Gasteiger charge is 2.24. The lowest BCUT2D eigenvalue weighted by Gasteiger charge is -2.17. The van der Waals surface area contributed by atoms with Crippen LogP contribution in [0.15, 0.2) is 89.8 Å². The maximum atomic E-state index is 13.1. The SMILES string of the molecule is O=C(O)CC(c1cccnc1)S(=O)c1ccc(NC(=O)c2ccc(NC3=CCCCN3)cc2)cc1. The summed E-state index contributed by atoms with van der Waals surface area (Å²) < 4.78 is 13.1. The summed E-state index contributed by atoms with van der Waals surface area (Å²) in [6.07, 6.45) is 7.09. The number of aromatic nitrogens is 1. The summed E-state index contributed by atoms with van der Waals surface area (Å²) in [7, 11) is -1.61. The van der Waals surface area contributed by atoms with E-state index in [2.05, 4.69) is 27.0 Å². The smallest absolute Gasteiger partial charge is 0.304 e. The van der Waals surface area contributed by atoms with E-state index < -0.39 is 22.0 Å². The predicted molar refractivity (Wildman–Crippen MR) is 135 cm³/mol. The van der Waals surface area contributed by atoms with Crippen LogP contribution in [-0.2, 0) is 15.6 Å². The number of anilines is 2. The fourth-order valence-corrected chi connectivity index (χ4v) is 5.09. The standard InChI is InChI=1S/C26H26N4O4S/c31-25(32)16-23(19-4-3-14-27-17-19)35(34)22-12-10-21(11-13-22)30-26(33)18-6-8-20(9-7-18)29-24-5-1-2-15-28-24/h3-14,17,23,28-29H,1-2,15-16H2,(H,30,33)(H,31,32). The minimum absolute atomic E-state index is 0.264. The molecule has 35 heavy (non-hydrogen) atoms. The van der Waals surface area contributed by atoms with Gasteiger partial charge in [-0.25, -0.2) is 0 Å². The molecule has 4 rings (SSSR count). The number of carboxylic acids is 1. The van der Waals surface area contributed by atoms with E-state index in [0.717, 1.165) is 30.9 Å². The second-order valence-electron chi connectivity index (χ2n) is 8.04. The average molecular weight is 491 g/mol. The van der Waals surface area contributed by atoms with Crippen molar-refractivity contribution in [2.75, 3.05) is 17.2 Å². The Kier molecular flexibility index (Phi) is 7.89. The predicted octanol–water partition coefficient (Wildman–Crippen LogP) is 4.29. The van der Waals surface area contributed by atoms with Gasteiger partial charge in [0.15, 0.2) is 0 Å². The van der Waals surface area contributed by atoms with Crippen molar-refractivity contribution in [1.82, 2.24) is 10.3 Å². The molecule has 0 aliphatic carbocycles. The number of nitrogens with zero attached hydrogens (tertiary/aromatic N) is 1. The van der Waals surface area contributed by atoms with Crippen molar-refractivity contribution < 1.29 is 18.9 Å². The zero-order valence-electron chi connectivity index (χ0n) is 18.9. The quantitative estimate of drug-likeness (QED) is 0.353. The third-order valence-electron chi connectivity index (χ3n) is 5.49. The van der Waals surface area contributed by atoms with Gasteiger partial charge in [-0.05, 0) is 79.1 Å². The number of hydrogen-bond donors (Lipinski definition) is 4. The molecule has 0 bridgehead atoms. The van der Waals surface area contributed by atoms with E-state index in [-0.39, 0.29) is 12.3 Å². The molecule has 0 spiro atoms. The highest BCUT2D eigenvalue weighted by molar-refractivity contribution is 7.85. The van der Waals surface area contributed by atoms with Crippen molar-refractivity contribution in [3.8, 4) is 0 Å². The fraction of sp³-hybridized carbons (Fsp3) is 0.192. The maximum absolute atomic E-state index is 13.1. The molecule has 1 aliphatic rings. The molecule has 1 aromatic heterocycles. The van der Waals surface area contributed by atoms with Gasteiger partial charge in [0, 0.05) is 40.8 Å². The molecule has 3 aromatic rings. The molecule has 180 valence electrons. The molecular weight excluding hydrogens is 464 g/mol. The van der Waals surface area contributed by atoms with E-state index in [9.17, 15) is 18.9 Å². The number of aliphatic carboxylic acids is 1. The van der Waals surface area contributed by atoms with Crippen molar-refractivity contribution in [1.29, 1.82) is 0 Å². The molecule has 2 unspecified atom stereocenters. The topological polar surface area (TPSA) is 120 Å². The van der Waals surface area contributed by atoms with Crippen molar-refractivity contribution in [2.45, 2.75) is 29.4 Å². The molecule has 8 nitrogen and oxygen atoms in total. The molecule has 2 aromatic carbocycles. The first-order valence-corrected chi connectivity index (χ1v) is 12.5. The number of allylic oxidation sites excluding steroid dienone is 1. The van der Waals surface area contributed by atoms with Gasteiger partial charge in [-0.15, -0.1) is 0 Å². The number of rotatable bonds is 9. The van der Waals surface area contributed by atoms with Gasteiger partial charge in [0.25, 0.3) is 5.91 Å². The number of carbonyl (C=O) groups excluding carboxylic acids is 1. The van der Waals surface area contributed by atoms with Crippen LogP contribution in [0.5, 0.6) is 0 Å². The third-order valence-corrected chi connectivity index (χ3v) is 7.18. The maximum Gasteiger partial charge on any atom is 0.304 e. The van der Waals surface area contributed by atoms with E-state index >= 15 is 0 Å². The van der Waals surface area contributed by atoms with Crippen LogP contribution in [0.3, 0.4) is 0 Å². The molecule has 0 fully saturated rings. The summed E-state index contributed by atoms with van der Waals surface area (Å²) in [4.78, 5) is 28.5. The van der Waals surface area contributed by atoms with Gasteiger partial charge in [0.2, 0.25) is 0 Å². The summed E-state index contributed by atoms with van der Waals surface area (Å²) in [5, 5.41) is 18.0. The molecular formula is C26H26N4O4S. The Hall–Kier alpha value is -3.98. The van der Waals surface area contributed by atoms with Crippen LogP contribution in [0.25, 0.3) is 0 Å². The van der Waals surface area contributed by atoms with Gasteiger partial charge in [0.1, 0.15) is 0 Å². The van der Waals surface area contributed by atoms with E-state index in [1.165, 1.54) is 6.20 Å². The van der Waals surface area contributed by atoms with Gasteiger partial charge < -0.3 is 21.1 Å². The molecule has 1 amide bonds. The fourth-order valence-electron chi connectivity index (χ4n) is 3.68. The van der Waals surface area contributed by atoms with Crippen LogP contribution >= 0.6 is 0 Å². The summed E-state index contributed by atoms with van der Waals surface area (Å²) in [6.45, 7) is 0.940. The van der Waals surface area contributed by atoms with Crippen LogP contribution in [0, 0.1) is 0 Å². The van der Waals surface area contributed by atoms with Crippen LogP contribution in [0.4, 0.5) is 11.4 Å². The van der Waals surface area contributed by atoms with Crippen LogP contribution in [-0.4, -0.2) is 32.7 Å². The third kappa shape index (κ3) is 6.54. The van der Waals surface area contributed by atoms with Gasteiger partial charge in [0.05, 0.1) is 28.3 Å². The summed E-state index contributed by atoms with van der Waals surface area (Å²) >= 11 is 0. The Balaban J connectivity index is 1.40. The first-order valence-electron chi connectivity index (χ1n) is 11.2. The zero-order chi connectivity index (χ0) is 24.6. The molecule has 0 radical (unpaired) electrons. The van der Waals surface area contributed by atoms with Crippen LogP contribution < -0.4 is 16.0 Å².